The van der Waals surface area contributed by atoms with Crippen molar-refractivity contribution in [3.8, 4) is 5.75 Å². The zero-order valence-corrected chi connectivity index (χ0v) is 13.3. The van der Waals surface area contributed by atoms with E-state index in [0.717, 1.165) is 16.0 Å². The molecule has 1 atom stereocenters. The molecule has 1 aromatic heterocycles. The number of hydrogen-bond donors (Lipinski definition) is 1. The van der Waals surface area contributed by atoms with Crippen molar-refractivity contribution in [3.05, 3.63) is 18.2 Å². The molecular weight excluding hydrogens is 328 g/mol. The lowest BCUT2D eigenvalue weighted by molar-refractivity contribution is -0.116. The third-order valence-electron chi connectivity index (χ3n) is 2.66. The zero-order valence-electron chi connectivity index (χ0n) is 10.9. The molecule has 0 aliphatic heterocycles. The molecule has 102 valence electrons. The summed E-state index contributed by atoms with van der Waals surface area (Å²) in [6, 6.07) is 5.65. The smallest absolute Gasteiger partial charge is 0.240 e. The minimum absolute atomic E-state index is 0.0685. The van der Waals surface area contributed by atoms with Crippen LogP contribution in [0.4, 0.5) is 5.13 Å². The van der Waals surface area contributed by atoms with Crippen molar-refractivity contribution in [1.29, 1.82) is 0 Å². The molecule has 0 saturated heterocycles. The minimum Gasteiger partial charge on any atom is -0.497 e. The first-order valence-electron chi connectivity index (χ1n) is 5.90. The van der Waals surface area contributed by atoms with Gasteiger partial charge in [-0.15, -0.1) is 0 Å². The number of fused-ring (bicyclic) bond motifs is 1. The van der Waals surface area contributed by atoms with E-state index in [0.29, 0.717) is 5.13 Å². The third-order valence-corrected chi connectivity index (χ3v) is 5.07. The highest BCUT2D eigenvalue weighted by Crippen LogP contribution is 2.29. The van der Waals surface area contributed by atoms with Crippen LogP contribution in [0.15, 0.2) is 18.2 Å². The van der Waals surface area contributed by atoms with Crippen LogP contribution in [-0.2, 0) is 4.79 Å². The second kappa shape index (κ2) is 5.88. The van der Waals surface area contributed by atoms with Crippen molar-refractivity contribution < 1.29 is 9.53 Å². The van der Waals surface area contributed by atoms with Gasteiger partial charge in [-0.1, -0.05) is 41.1 Å². The Bertz CT molecular complexity index is 597. The Kier molecular flexibility index (Phi) is 4.42. The van der Waals surface area contributed by atoms with Gasteiger partial charge in [0, 0.05) is 0 Å². The van der Waals surface area contributed by atoms with Gasteiger partial charge in [0.2, 0.25) is 5.91 Å². The van der Waals surface area contributed by atoms with Gasteiger partial charge in [-0.2, -0.15) is 0 Å². The maximum atomic E-state index is 11.9. The molecule has 6 heteroatoms. The van der Waals surface area contributed by atoms with Crippen LogP contribution in [-0.4, -0.2) is 22.8 Å². The molecule has 0 spiro atoms. The first-order valence-corrected chi connectivity index (χ1v) is 7.64. The average Bonchev–Trinajstić information content (AvgIpc) is 2.78. The molecule has 0 aliphatic rings. The minimum atomic E-state index is -0.214. The summed E-state index contributed by atoms with van der Waals surface area (Å²) in [5.41, 5.74) is 0.858. The highest BCUT2D eigenvalue weighted by Gasteiger charge is 2.19. The summed E-state index contributed by atoms with van der Waals surface area (Å²) in [5, 5.41) is 3.44. The van der Waals surface area contributed by atoms with E-state index in [-0.39, 0.29) is 16.7 Å². The molecule has 0 saturated carbocycles. The number of nitrogens with zero attached hydrogens (tertiary/aromatic N) is 1. The quantitative estimate of drug-likeness (QED) is 0.862. The summed E-state index contributed by atoms with van der Waals surface area (Å²) >= 11 is 4.82. The van der Waals surface area contributed by atoms with Crippen LogP contribution in [0.1, 0.15) is 13.8 Å². The molecule has 1 heterocycles. The third kappa shape index (κ3) is 3.25. The van der Waals surface area contributed by atoms with Gasteiger partial charge >= 0.3 is 0 Å². The molecule has 1 unspecified atom stereocenters. The lowest BCUT2D eigenvalue weighted by Crippen LogP contribution is -2.26. The lowest BCUT2D eigenvalue weighted by Gasteiger charge is -2.11. The van der Waals surface area contributed by atoms with E-state index in [9.17, 15) is 4.79 Å². The number of hydrogen-bond acceptors (Lipinski definition) is 4. The molecule has 1 amide bonds. The van der Waals surface area contributed by atoms with Gasteiger partial charge in [0.1, 0.15) is 5.75 Å². The Balaban J connectivity index is 2.20. The van der Waals surface area contributed by atoms with Crippen LogP contribution >= 0.6 is 27.3 Å². The Morgan fingerprint density at radius 2 is 2.21 bits per heavy atom. The number of thiazole rings is 1. The SMILES string of the molecule is COc1ccc2nc(NC(=O)C(Br)C(C)C)sc2c1. The number of amides is 1. The van der Waals surface area contributed by atoms with Crippen molar-refractivity contribution in [3.63, 3.8) is 0 Å². The fraction of sp³-hybridized carbons (Fsp3) is 0.385. The van der Waals surface area contributed by atoms with Crippen molar-refractivity contribution >= 4 is 48.5 Å². The van der Waals surface area contributed by atoms with Crippen LogP contribution < -0.4 is 10.1 Å². The van der Waals surface area contributed by atoms with Gasteiger partial charge in [0.25, 0.3) is 0 Å². The summed E-state index contributed by atoms with van der Waals surface area (Å²) in [4.78, 5) is 16.1. The molecule has 2 aromatic rings. The highest BCUT2D eigenvalue weighted by atomic mass is 79.9. The number of benzene rings is 1. The molecule has 0 bridgehead atoms. The maximum Gasteiger partial charge on any atom is 0.240 e. The lowest BCUT2D eigenvalue weighted by atomic mass is 10.1. The van der Waals surface area contributed by atoms with Crippen molar-refractivity contribution in [2.45, 2.75) is 18.7 Å². The number of ether oxygens (including phenoxy) is 1. The Morgan fingerprint density at radius 1 is 1.47 bits per heavy atom. The highest BCUT2D eigenvalue weighted by molar-refractivity contribution is 9.10. The van der Waals surface area contributed by atoms with Gasteiger partial charge in [0.05, 0.1) is 22.2 Å². The van der Waals surface area contributed by atoms with E-state index < -0.39 is 0 Å². The van der Waals surface area contributed by atoms with Gasteiger partial charge < -0.3 is 10.1 Å². The second-order valence-electron chi connectivity index (χ2n) is 4.49. The summed E-state index contributed by atoms with van der Waals surface area (Å²) in [5.74, 6) is 0.949. The number of rotatable bonds is 4. The standard InChI is InChI=1S/C13H15BrN2O2S/c1-7(2)11(14)12(17)16-13-15-9-5-4-8(18-3)6-10(9)19-13/h4-7,11H,1-3H3,(H,15,16,17). The molecular formula is C13H15BrN2O2S. The Morgan fingerprint density at radius 3 is 2.84 bits per heavy atom. The van der Waals surface area contributed by atoms with Crippen LogP contribution in [0.5, 0.6) is 5.75 Å². The number of alkyl halides is 1. The zero-order chi connectivity index (χ0) is 14.0. The van der Waals surface area contributed by atoms with Gasteiger partial charge in [0.15, 0.2) is 5.13 Å². The van der Waals surface area contributed by atoms with Crippen LogP contribution in [0.3, 0.4) is 0 Å². The van der Waals surface area contributed by atoms with Gasteiger partial charge in [-0.25, -0.2) is 4.98 Å². The largest absolute Gasteiger partial charge is 0.497 e. The van der Waals surface area contributed by atoms with Gasteiger partial charge in [-0.3, -0.25) is 4.79 Å². The fourth-order valence-electron chi connectivity index (χ4n) is 1.56. The van der Waals surface area contributed by atoms with Gasteiger partial charge in [-0.05, 0) is 24.1 Å². The van der Waals surface area contributed by atoms with E-state index in [1.165, 1.54) is 11.3 Å². The van der Waals surface area contributed by atoms with E-state index in [1.54, 1.807) is 7.11 Å². The summed E-state index contributed by atoms with van der Waals surface area (Å²) in [6.45, 7) is 3.98. The summed E-state index contributed by atoms with van der Waals surface area (Å²) in [7, 11) is 1.63. The Labute approximate surface area is 124 Å². The molecule has 1 N–H and O–H groups in total. The number of methoxy groups -OCH3 is 1. The van der Waals surface area contributed by atoms with Crippen molar-refractivity contribution in [2.75, 3.05) is 12.4 Å². The topological polar surface area (TPSA) is 51.2 Å². The molecule has 19 heavy (non-hydrogen) atoms. The molecule has 1 aromatic carbocycles. The van der Waals surface area contributed by atoms with E-state index >= 15 is 0 Å². The molecule has 4 nitrogen and oxygen atoms in total. The predicted molar refractivity (Wildman–Crippen MR) is 82.4 cm³/mol. The van der Waals surface area contributed by atoms with Crippen LogP contribution in [0.2, 0.25) is 0 Å². The predicted octanol–water partition coefficient (Wildman–Crippen LogP) is 3.66. The Hall–Kier alpha value is -1.14. The number of aromatic nitrogens is 1. The molecule has 0 radical (unpaired) electrons. The molecule has 2 rings (SSSR count). The monoisotopic (exact) mass is 342 g/mol. The number of carbonyl (C=O) groups excluding carboxylic acids is 1. The van der Waals surface area contributed by atoms with Crippen LogP contribution in [0.25, 0.3) is 10.2 Å². The number of halogens is 1. The average molecular weight is 343 g/mol. The van der Waals surface area contributed by atoms with Crippen LogP contribution in [0, 0.1) is 5.92 Å². The van der Waals surface area contributed by atoms with E-state index in [4.69, 9.17) is 4.74 Å². The molecule has 0 aliphatic carbocycles. The number of nitrogens with one attached hydrogen (secondary N) is 1. The summed E-state index contributed by atoms with van der Waals surface area (Å²) in [6.07, 6.45) is 0. The first kappa shape index (κ1) is 14.3. The maximum absolute atomic E-state index is 11.9. The van der Waals surface area contributed by atoms with Crippen molar-refractivity contribution in [2.24, 2.45) is 5.92 Å². The van der Waals surface area contributed by atoms with E-state index in [1.807, 2.05) is 32.0 Å². The van der Waals surface area contributed by atoms with Crippen molar-refractivity contribution in [1.82, 2.24) is 4.98 Å². The van der Waals surface area contributed by atoms with E-state index in [2.05, 4.69) is 26.2 Å². The first-order chi connectivity index (χ1) is 9.01. The number of carbonyl (C=O) groups is 1. The fourth-order valence-corrected chi connectivity index (χ4v) is 2.57. The number of anilines is 1. The second-order valence-corrected chi connectivity index (χ2v) is 6.50. The summed E-state index contributed by atoms with van der Waals surface area (Å²) < 4.78 is 6.16. The molecule has 0 fully saturated rings. The normalized spacial score (nSPS) is 12.7.